The van der Waals surface area contributed by atoms with Gasteiger partial charge in [-0.15, -0.1) is 0 Å². The minimum Gasteiger partial charge on any atom is -0.480 e. The second-order valence-corrected chi connectivity index (χ2v) is 3.57. The van der Waals surface area contributed by atoms with Gasteiger partial charge in [-0.25, -0.2) is 0 Å². The van der Waals surface area contributed by atoms with Crippen molar-refractivity contribution in [1.82, 2.24) is 5.32 Å². The first-order chi connectivity index (χ1) is 7.13. The van der Waals surface area contributed by atoms with E-state index < -0.39 is 12.0 Å². The van der Waals surface area contributed by atoms with E-state index in [9.17, 15) is 4.79 Å². The van der Waals surface area contributed by atoms with Crippen molar-refractivity contribution < 1.29 is 14.3 Å². The summed E-state index contributed by atoms with van der Waals surface area (Å²) >= 11 is 0. The standard InChI is InChI=1S/C11H17NO3/c1-3-4-10(11(13)14)12-7-9-6-5-8(2)15-9/h5-6,10,12H,3-4,7H2,1-2H3,(H,13,14). The van der Waals surface area contributed by atoms with Crippen LogP contribution in [0, 0.1) is 6.92 Å². The molecular weight excluding hydrogens is 194 g/mol. The van der Waals surface area contributed by atoms with Gasteiger partial charge in [0.1, 0.15) is 17.6 Å². The summed E-state index contributed by atoms with van der Waals surface area (Å²) in [6.07, 6.45) is 1.48. The van der Waals surface area contributed by atoms with Crippen molar-refractivity contribution in [2.45, 2.75) is 39.3 Å². The van der Waals surface area contributed by atoms with Gasteiger partial charge in [0.15, 0.2) is 0 Å². The van der Waals surface area contributed by atoms with Crippen molar-refractivity contribution >= 4 is 5.97 Å². The quantitative estimate of drug-likeness (QED) is 0.754. The molecule has 0 fully saturated rings. The van der Waals surface area contributed by atoms with Gasteiger partial charge in [0.25, 0.3) is 0 Å². The van der Waals surface area contributed by atoms with E-state index in [1.54, 1.807) is 0 Å². The van der Waals surface area contributed by atoms with E-state index in [-0.39, 0.29) is 0 Å². The van der Waals surface area contributed by atoms with E-state index in [4.69, 9.17) is 9.52 Å². The molecule has 0 saturated heterocycles. The van der Waals surface area contributed by atoms with Crippen LogP contribution in [0.2, 0.25) is 0 Å². The number of aryl methyl sites for hydroxylation is 1. The molecule has 1 unspecified atom stereocenters. The monoisotopic (exact) mass is 211 g/mol. The van der Waals surface area contributed by atoms with Gasteiger partial charge in [-0.05, 0) is 25.5 Å². The number of hydrogen-bond donors (Lipinski definition) is 2. The number of carbonyl (C=O) groups is 1. The van der Waals surface area contributed by atoms with Gasteiger partial charge in [-0.2, -0.15) is 0 Å². The molecular formula is C11H17NO3. The number of nitrogens with one attached hydrogen (secondary N) is 1. The van der Waals surface area contributed by atoms with Gasteiger partial charge in [0, 0.05) is 0 Å². The first kappa shape index (κ1) is 11.8. The molecule has 0 radical (unpaired) electrons. The summed E-state index contributed by atoms with van der Waals surface area (Å²) in [5.41, 5.74) is 0. The highest BCUT2D eigenvalue weighted by molar-refractivity contribution is 5.73. The van der Waals surface area contributed by atoms with Crippen LogP contribution in [-0.2, 0) is 11.3 Å². The van der Waals surface area contributed by atoms with Crippen LogP contribution in [0.5, 0.6) is 0 Å². The van der Waals surface area contributed by atoms with Crippen LogP contribution < -0.4 is 5.32 Å². The van der Waals surface area contributed by atoms with Crippen LogP contribution in [-0.4, -0.2) is 17.1 Å². The van der Waals surface area contributed by atoms with Crippen molar-refractivity contribution in [3.05, 3.63) is 23.7 Å². The van der Waals surface area contributed by atoms with Gasteiger partial charge in [-0.1, -0.05) is 13.3 Å². The van der Waals surface area contributed by atoms with E-state index in [0.717, 1.165) is 17.9 Å². The number of carboxylic acid groups (broad SMARTS) is 1. The summed E-state index contributed by atoms with van der Waals surface area (Å²) in [5.74, 6) is 0.809. The Balaban J connectivity index is 2.43. The lowest BCUT2D eigenvalue weighted by Crippen LogP contribution is -2.35. The van der Waals surface area contributed by atoms with E-state index >= 15 is 0 Å². The van der Waals surface area contributed by atoms with Gasteiger partial charge in [0.2, 0.25) is 0 Å². The molecule has 1 heterocycles. The fourth-order valence-corrected chi connectivity index (χ4v) is 1.41. The van der Waals surface area contributed by atoms with Crippen molar-refractivity contribution in [1.29, 1.82) is 0 Å². The van der Waals surface area contributed by atoms with E-state index in [0.29, 0.717) is 13.0 Å². The Morgan fingerprint density at radius 1 is 1.60 bits per heavy atom. The zero-order valence-corrected chi connectivity index (χ0v) is 9.12. The summed E-state index contributed by atoms with van der Waals surface area (Å²) in [6.45, 7) is 4.30. The second-order valence-electron chi connectivity index (χ2n) is 3.57. The largest absolute Gasteiger partial charge is 0.480 e. The lowest BCUT2D eigenvalue weighted by molar-refractivity contribution is -0.139. The Morgan fingerprint density at radius 3 is 2.80 bits per heavy atom. The highest BCUT2D eigenvalue weighted by Gasteiger charge is 2.15. The third-order valence-corrected chi connectivity index (χ3v) is 2.19. The third kappa shape index (κ3) is 3.75. The Kier molecular flexibility index (Phi) is 4.37. The molecule has 0 aliphatic rings. The molecule has 4 nitrogen and oxygen atoms in total. The third-order valence-electron chi connectivity index (χ3n) is 2.19. The molecule has 1 atom stereocenters. The molecule has 84 valence electrons. The molecule has 0 spiro atoms. The Hall–Kier alpha value is -1.29. The van der Waals surface area contributed by atoms with Gasteiger partial charge >= 0.3 is 5.97 Å². The van der Waals surface area contributed by atoms with Crippen molar-refractivity contribution in [3.63, 3.8) is 0 Å². The second kappa shape index (κ2) is 5.56. The van der Waals surface area contributed by atoms with Crippen molar-refractivity contribution in [3.8, 4) is 0 Å². The normalized spacial score (nSPS) is 12.7. The molecule has 0 aliphatic carbocycles. The number of hydrogen-bond acceptors (Lipinski definition) is 3. The predicted molar refractivity (Wildman–Crippen MR) is 56.6 cm³/mol. The molecule has 4 heteroatoms. The van der Waals surface area contributed by atoms with Crippen molar-refractivity contribution in [2.75, 3.05) is 0 Å². The number of carboxylic acids is 1. The lowest BCUT2D eigenvalue weighted by Gasteiger charge is -2.11. The van der Waals surface area contributed by atoms with Gasteiger partial charge in [0.05, 0.1) is 6.54 Å². The number of furan rings is 1. The zero-order valence-electron chi connectivity index (χ0n) is 9.12. The SMILES string of the molecule is CCCC(NCc1ccc(C)o1)C(=O)O. The maximum Gasteiger partial charge on any atom is 0.320 e. The summed E-state index contributed by atoms with van der Waals surface area (Å²) in [6, 6.07) is 3.24. The topological polar surface area (TPSA) is 62.5 Å². The molecule has 0 bridgehead atoms. The first-order valence-corrected chi connectivity index (χ1v) is 5.15. The predicted octanol–water partition coefficient (Wildman–Crippen LogP) is 1.93. The minimum atomic E-state index is -0.805. The van der Waals surface area contributed by atoms with Crippen LogP contribution in [0.1, 0.15) is 31.3 Å². The molecule has 0 saturated carbocycles. The number of aliphatic carboxylic acids is 1. The van der Waals surface area contributed by atoms with Gasteiger partial charge < -0.3 is 9.52 Å². The van der Waals surface area contributed by atoms with Crippen LogP contribution in [0.25, 0.3) is 0 Å². The average molecular weight is 211 g/mol. The maximum absolute atomic E-state index is 10.8. The number of rotatable bonds is 6. The van der Waals surface area contributed by atoms with Crippen LogP contribution in [0.4, 0.5) is 0 Å². The maximum atomic E-state index is 10.8. The molecule has 1 aromatic heterocycles. The van der Waals surface area contributed by atoms with E-state index in [1.807, 2.05) is 26.0 Å². The summed E-state index contributed by atoms with van der Waals surface area (Å²) in [5, 5.41) is 11.9. The molecule has 2 N–H and O–H groups in total. The Labute approximate surface area is 89.3 Å². The fourth-order valence-electron chi connectivity index (χ4n) is 1.41. The molecule has 15 heavy (non-hydrogen) atoms. The van der Waals surface area contributed by atoms with Crippen LogP contribution in [0.3, 0.4) is 0 Å². The van der Waals surface area contributed by atoms with E-state index in [1.165, 1.54) is 0 Å². The molecule has 1 rings (SSSR count). The first-order valence-electron chi connectivity index (χ1n) is 5.15. The molecule has 0 aromatic carbocycles. The van der Waals surface area contributed by atoms with Crippen LogP contribution in [0.15, 0.2) is 16.5 Å². The smallest absolute Gasteiger partial charge is 0.320 e. The zero-order chi connectivity index (χ0) is 11.3. The Morgan fingerprint density at radius 2 is 2.33 bits per heavy atom. The van der Waals surface area contributed by atoms with Gasteiger partial charge in [-0.3, -0.25) is 10.1 Å². The minimum absolute atomic E-state index is 0.463. The summed E-state index contributed by atoms with van der Waals surface area (Å²) in [7, 11) is 0. The molecule has 0 amide bonds. The fraction of sp³-hybridized carbons (Fsp3) is 0.545. The Bertz CT molecular complexity index is 319. The highest BCUT2D eigenvalue weighted by atomic mass is 16.4. The highest BCUT2D eigenvalue weighted by Crippen LogP contribution is 2.06. The summed E-state index contributed by atoms with van der Waals surface area (Å²) in [4.78, 5) is 10.8. The molecule has 0 aliphatic heterocycles. The lowest BCUT2D eigenvalue weighted by atomic mass is 10.1. The van der Waals surface area contributed by atoms with E-state index in [2.05, 4.69) is 5.32 Å². The molecule has 1 aromatic rings. The van der Waals surface area contributed by atoms with Crippen LogP contribution >= 0.6 is 0 Å². The average Bonchev–Trinajstić information content (AvgIpc) is 2.58. The summed E-state index contributed by atoms with van der Waals surface area (Å²) < 4.78 is 5.34. The van der Waals surface area contributed by atoms with Crippen molar-refractivity contribution in [2.24, 2.45) is 0 Å².